The molecule has 0 aliphatic carbocycles. The number of terminal acetylenes is 1. The minimum Gasteiger partial charge on any atom is -0.542 e. The van der Waals surface area contributed by atoms with E-state index in [1.165, 1.54) is 0 Å². The third-order valence-corrected chi connectivity index (χ3v) is 12.7. The molecule has 2 N–H and O–H groups in total. The molecule has 4 bridgehead atoms. The van der Waals surface area contributed by atoms with Gasteiger partial charge in [0.15, 0.2) is 6.10 Å². The number of aliphatic carboxylic acids is 1. The number of unbranched alkanes of at least 4 members (excludes halogenated alkanes) is 1. The molecule has 4 aromatic rings. The number of fused-ring (bicyclic) bond motifs is 6. The normalized spacial score (nSPS) is 23.9. The van der Waals surface area contributed by atoms with Crippen LogP contribution in [0.1, 0.15) is 60.8 Å². The third-order valence-electron chi connectivity index (χ3n) is 12.7. The number of quaternary nitrogens is 1. The molecule has 6 aliphatic rings. The van der Waals surface area contributed by atoms with Crippen LogP contribution in [-0.4, -0.2) is 102 Å². The zero-order valence-corrected chi connectivity index (χ0v) is 34.5. The number of carboxylic acid groups (broad SMARTS) is 1. The fourth-order valence-electron chi connectivity index (χ4n) is 9.20. The molecule has 4 aromatic carbocycles. The van der Waals surface area contributed by atoms with Crippen molar-refractivity contribution < 1.29 is 56.8 Å². The van der Waals surface area contributed by atoms with Gasteiger partial charge in [-0.1, -0.05) is 121 Å². The van der Waals surface area contributed by atoms with Gasteiger partial charge in [-0.3, -0.25) is 4.90 Å². The van der Waals surface area contributed by atoms with Gasteiger partial charge < -0.3 is 34.1 Å². The van der Waals surface area contributed by atoms with E-state index in [1.807, 2.05) is 72.8 Å². The minimum absolute atomic E-state index is 0.131. The maximum Gasteiger partial charge on any atom is 0.430 e. The quantitative estimate of drug-likeness (QED) is 0.0887. The van der Waals surface area contributed by atoms with Gasteiger partial charge in [0, 0.05) is 38.1 Å². The Hall–Kier alpha value is -5.52. The molecule has 6 aliphatic heterocycles. The third kappa shape index (κ3) is 10.6. The number of carbonyl (C=O) groups is 3. The fourth-order valence-corrected chi connectivity index (χ4v) is 9.20. The summed E-state index contributed by atoms with van der Waals surface area (Å²) < 4.78 is 44.5. The average molecular weight is 855 g/mol. The van der Waals surface area contributed by atoms with Crippen LogP contribution in [0.15, 0.2) is 121 Å². The summed E-state index contributed by atoms with van der Waals surface area (Å²) in [6.07, 6.45) is 5.98. The number of hydrogen-bond acceptors (Lipinski definition) is 9. The first-order chi connectivity index (χ1) is 29.7. The molecule has 10 rings (SSSR count). The Kier molecular flexibility index (Phi) is 14.9. The molecule has 0 amide bonds. The second-order valence-corrected chi connectivity index (χ2v) is 16.5. The number of nitrogens with zero attached hydrogens (tertiary/aromatic N) is 2. The summed E-state index contributed by atoms with van der Waals surface area (Å²) in [6, 6.07) is 36.3. The zero-order chi connectivity index (χ0) is 44.4. The molecule has 0 unspecified atom stereocenters. The first-order valence-corrected chi connectivity index (χ1v) is 21.1. The first-order valence-electron chi connectivity index (χ1n) is 21.1. The monoisotopic (exact) mass is 854 g/mol. The van der Waals surface area contributed by atoms with Crippen molar-refractivity contribution in [3.8, 4) is 12.3 Å². The molecule has 62 heavy (non-hydrogen) atoms. The highest BCUT2D eigenvalue weighted by Gasteiger charge is 2.50. The molecule has 328 valence electrons. The average Bonchev–Trinajstić information content (AvgIpc) is 3.30. The Balaban J connectivity index is 0.000000182. The highest BCUT2D eigenvalue weighted by Crippen LogP contribution is 2.39. The predicted molar refractivity (Wildman–Crippen MR) is 222 cm³/mol. The lowest BCUT2D eigenvalue weighted by Crippen LogP contribution is -2.65. The van der Waals surface area contributed by atoms with Gasteiger partial charge in [0.1, 0.15) is 18.6 Å². The van der Waals surface area contributed by atoms with Gasteiger partial charge in [-0.05, 0) is 54.1 Å². The summed E-state index contributed by atoms with van der Waals surface area (Å²) in [5.41, 5.74) is -1.47. The minimum atomic E-state index is -5.19. The van der Waals surface area contributed by atoms with Crippen molar-refractivity contribution in [2.24, 2.45) is 11.8 Å². The van der Waals surface area contributed by atoms with E-state index >= 15 is 0 Å². The van der Waals surface area contributed by atoms with E-state index in [-0.39, 0.29) is 12.2 Å². The molecule has 0 radical (unpaired) electrons. The molecule has 2 atom stereocenters. The number of rotatable bonds is 11. The van der Waals surface area contributed by atoms with Crippen LogP contribution >= 0.6 is 0 Å². The number of alkyl halides is 3. The van der Waals surface area contributed by atoms with Crippen molar-refractivity contribution in [3.63, 3.8) is 0 Å². The first kappa shape index (κ1) is 46.0. The topological polar surface area (TPSA) is 136 Å². The van der Waals surface area contributed by atoms with Crippen molar-refractivity contribution >= 4 is 17.9 Å². The van der Waals surface area contributed by atoms with Crippen LogP contribution in [0.4, 0.5) is 13.2 Å². The summed E-state index contributed by atoms with van der Waals surface area (Å²) in [6.45, 7) is 7.06. The van der Waals surface area contributed by atoms with Crippen LogP contribution in [0.25, 0.3) is 0 Å². The van der Waals surface area contributed by atoms with E-state index in [9.17, 15) is 33.0 Å². The van der Waals surface area contributed by atoms with Gasteiger partial charge in [-0.2, -0.15) is 13.2 Å². The summed E-state index contributed by atoms with van der Waals surface area (Å²) in [5, 5.41) is 31.9. The van der Waals surface area contributed by atoms with Gasteiger partial charge in [0.05, 0.1) is 19.6 Å². The van der Waals surface area contributed by atoms with E-state index < -0.39 is 35.3 Å². The van der Waals surface area contributed by atoms with E-state index in [0.717, 1.165) is 88.8 Å². The van der Waals surface area contributed by atoms with Crippen molar-refractivity contribution in [2.45, 2.75) is 68.1 Å². The lowest BCUT2D eigenvalue weighted by molar-refractivity contribution is -0.946. The fraction of sp³-hybridized carbons (Fsp3) is 0.408. The smallest absolute Gasteiger partial charge is 0.430 e. The lowest BCUT2D eigenvalue weighted by atomic mass is 9.82. The Morgan fingerprint density at radius 1 is 0.677 bits per heavy atom. The Bertz CT molecular complexity index is 2040. The van der Waals surface area contributed by atoms with Gasteiger partial charge >= 0.3 is 18.1 Å². The van der Waals surface area contributed by atoms with Crippen LogP contribution in [0.3, 0.4) is 0 Å². The number of esters is 2. The van der Waals surface area contributed by atoms with Crippen molar-refractivity contribution in [1.29, 1.82) is 0 Å². The molecule has 6 saturated heterocycles. The number of hydrogen-bond donors (Lipinski definition) is 2. The van der Waals surface area contributed by atoms with Crippen LogP contribution in [-0.2, 0) is 35.1 Å². The van der Waals surface area contributed by atoms with Crippen LogP contribution in [0, 0.1) is 24.2 Å². The van der Waals surface area contributed by atoms with Gasteiger partial charge in [0.2, 0.25) is 11.2 Å². The molecule has 0 spiro atoms. The molecule has 13 heteroatoms. The number of carboxylic acids is 1. The highest BCUT2D eigenvalue weighted by atomic mass is 19.4. The van der Waals surface area contributed by atoms with Gasteiger partial charge in [-0.25, -0.2) is 9.59 Å². The Labute approximate surface area is 360 Å². The molecular weight excluding hydrogens is 802 g/mol. The van der Waals surface area contributed by atoms with Crippen molar-refractivity contribution in [3.05, 3.63) is 144 Å². The predicted octanol–water partition coefficient (Wildman–Crippen LogP) is 5.35. The van der Waals surface area contributed by atoms with Gasteiger partial charge in [-0.15, -0.1) is 12.3 Å². The molecule has 6 fully saturated rings. The molecule has 0 aromatic heterocycles. The second-order valence-electron chi connectivity index (χ2n) is 16.5. The SMILES string of the molecule is C#CCCC[N+]12CCC(CC1)[C@@H](OC(=O)C(O)(c1ccccc1)c1ccccc1)C2.O=C(O[C@H]1CN2CCC1CC2)C(O)(c1ccccc1)c1ccccc1.O=C([O-])C(F)(F)F. The Morgan fingerprint density at radius 3 is 1.39 bits per heavy atom. The number of ether oxygens (including phenoxy) is 2. The number of aliphatic hydroxyl groups is 2. The number of benzene rings is 4. The molecule has 10 nitrogen and oxygen atoms in total. The number of carbonyl (C=O) groups excluding carboxylic acids is 3. The summed E-state index contributed by atoms with van der Waals surface area (Å²) in [7, 11) is 0. The number of piperidine rings is 6. The summed E-state index contributed by atoms with van der Waals surface area (Å²) >= 11 is 0. The summed E-state index contributed by atoms with van der Waals surface area (Å²) in [5.74, 6) is -0.657. The largest absolute Gasteiger partial charge is 0.542 e. The van der Waals surface area contributed by atoms with E-state index in [1.54, 1.807) is 48.5 Å². The van der Waals surface area contributed by atoms with E-state index in [4.69, 9.17) is 25.8 Å². The maximum absolute atomic E-state index is 13.5. The highest BCUT2D eigenvalue weighted by molar-refractivity contribution is 5.86. The van der Waals surface area contributed by atoms with Crippen LogP contribution < -0.4 is 5.11 Å². The van der Waals surface area contributed by atoms with Gasteiger partial charge in [0.25, 0.3) is 0 Å². The maximum atomic E-state index is 13.5. The standard InChI is InChI=1S/C26H30NO3.C21H23NO3.C2HF3O2/c1-2-3-10-17-27-18-15-21(16-19-27)24(20-27)30-25(28)26(29,22-11-6-4-7-12-22)23-13-8-5-9-14-23;23-20(25-19-15-22-13-11-16(19)12-14-22)21(24,17-7-3-1-4-8-17)18-9-5-2-6-10-18;3-2(4,5)1(6)7/h1,4-9,11-14,21,24,29H,3,10,15-20H2;1-10,16,19,24H,11-15H2;(H,6,7)/q+1;;/p-1/t21?,24-,27?;19-;/m00./s1. The number of halogens is 3. The van der Waals surface area contributed by atoms with E-state index in [0.29, 0.717) is 34.1 Å². The van der Waals surface area contributed by atoms with Crippen LogP contribution in [0.2, 0.25) is 0 Å². The van der Waals surface area contributed by atoms with Crippen molar-refractivity contribution in [2.75, 3.05) is 45.8 Å². The molecular formula is C49H53F3N2O8. The molecule has 0 saturated carbocycles. The Morgan fingerprint density at radius 2 is 1.05 bits per heavy atom. The van der Waals surface area contributed by atoms with Crippen LogP contribution in [0.5, 0.6) is 0 Å². The summed E-state index contributed by atoms with van der Waals surface area (Å²) in [4.78, 5) is 37.7. The van der Waals surface area contributed by atoms with Crippen molar-refractivity contribution in [1.82, 2.24) is 4.90 Å². The second kappa shape index (κ2) is 20.1. The zero-order valence-electron chi connectivity index (χ0n) is 34.5. The lowest BCUT2D eigenvalue weighted by Gasteiger charge is -2.52. The molecule has 6 heterocycles. The van der Waals surface area contributed by atoms with E-state index in [2.05, 4.69) is 10.8 Å².